The molecular weight excluding hydrogens is 490 g/mol. The summed E-state index contributed by atoms with van der Waals surface area (Å²) >= 11 is 0. The summed E-state index contributed by atoms with van der Waals surface area (Å²) in [6.07, 6.45) is 11.5. The number of carbonyl (C=O) groups excluding carboxylic acids is 1. The number of nitrogens with one attached hydrogen (secondary N) is 2. The van der Waals surface area contributed by atoms with Gasteiger partial charge >= 0.3 is 0 Å². The number of aromatic nitrogens is 4. The maximum absolute atomic E-state index is 13.2. The van der Waals surface area contributed by atoms with Crippen molar-refractivity contribution in [3.05, 3.63) is 66.2 Å². The van der Waals surface area contributed by atoms with Crippen molar-refractivity contribution < 1.29 is 9.53 Å². The van der Waals surface area contributed by atoms with Crippen LogP contribution in [0.2, 0.25) is 0 Å². The number of pyridine rings is 2. The number of carbonyl (C=O) groups is 1. The predicted octanol–water partition coefficient (Wildman–Crippen LogP) is 4.73. The Bertz CT molecular complexity index is 1420. The number of fused-ring (bicyclic) bond motifs is 1. The molecule has 0 aliphatic carbocycles. The smallest absolute Gasteiger partial charge is 0.276 e. The molecule has 6 rings (SSSR count). The van der Waals surface area contributed by atoms with Crippen molar-refractivity contribution in [2.24, 2.45) is 0 Å². The van der Waals surface area contributed by atoms with Crippen LogP contribution >= 0.6 is 0 Å². The second-order valence-electron chi connectivity index (χ2n) is 10.7. The second-order valence-corrected chi connectivity index (χ2v) is 10.7. The Labute approximate surface area is 228 Å². The second kappa shape index (κ2) is 11.5. The first-order valence-electron chi connectivity index (χ1n) is 13.9. The van der Waals surface area contributed by atoms with E-state index in [-0.39, 0.29) is 12.0 Å². The van der Waals surface area contributed by atoms with Gasteiger partial charge in [-0.15, -0.1) is 0 Å². The number of aromatic amines is 1. The third-order valence-electron chi connectivity index (χ3n) is 7.71. The number of hydrogen-bond acceptors (Lipinski definition) is 7. The standard InChI is InChI=1S/C30H35N7O2/c1-36-13-9-25(10-14-36)39-28-8-6-24(19-32-28)33-30(38)29-26-16-22(5-7-27(26)34-35-29)23-15-21(17-31-18-23)20-37-11-3-2-4-12-37/h5-8,15-19,25H,2-4,9-14,20H2,1H3,(H,33,38)(H,34,35). The predicted molar refractivity (Wildman–Crippen MR) is 152 cm³/mol. The maximum Gasteiger partial charge on any atom is 0.276 e. The molecule has 0 saturated carbocycles. The van der Waals surface area contributed by atoms with Gasteiger partial charge in [0.15, 0.2) is 5.69 Å². The van der Waals surface area contributed by atoms with Gasteiger partial charge in [-0.1, -0.05) is 12.5 Å². The first-order valence-corrected chi connectivity index (χ1v) is 13.9. The normalized spacial score (nSPS) is 17.4. The number of benzene rings is 1. The van der Waals surface area contributed by atoms with Gasteiger partial charge in [0.05, 0.1) is 17.4 Å². The summed E-state index contributed by atoms with van der Waals surface area (Å²) in [6.45, 7) is 5.26. The van der Waals surface area contributed by atoms with Crippen molar-refractivity contribution in [3.63, 3.8) is 0 Å². The highest BCUT2D eigenvalue weighted by molar-refractivity contribution is 6.11. The van der Waals surface area contributed by atoms with Gasteiger partial charge in [-0.05, 0) is 81.2 Å². The van der Waals surface area contributed by atoms with Crippen LogP contribution in [0.25, 0.3) is 22.0 Å². The third-order valence-corrected chi connectivity index (χ3v) is 7.71. The minimum atomic E-state index is -0.291. The van der Waals surface area contributed by atoms with Gasteiger partial charge in [0.2, 0.25) is 5.88 Å². The van der Waals surface area contributed by atoms with E-state index in [9.17, 15) is 4.79 Å². The molecule has 3 aromatic heterocycles. The first kappa shape index (κ1) is 25.5. The van der Waals surface area contributed by atoms with Gasteiger partial charge in [0.25, 0.3) is 5.91 Å². The van der Waals surface area contributed by atoms with Crippen molar-refractivity contribution >= 4 is 22.5 Å². The lowest BCUT2D eigenvalue weighted by atomic mass is 10.0. The molecule has 4 aromatic rings. The van der Waals surface area contributed by atoms with Crippen molar-refractivity contribution in [2.75, 3.05) is 38.5 Å². The number of piperidine rings is 2. The fraction of sp³-hybridized carbons (Fsp3) is 0.400. The SMILES string of the molecule is CN1CCC(Oc2ccc(NC(=O)c3n[nH]c4ccc(-c5cncc(CN6CCCCC6)c5)cc34)cn2)CC1. The molecule has 0 atom stereocenters. The molecule has 9 nitrogen and oxygen atoms in total. The highest BCUT2D eigenvalue weighted by atomic mass is 16.5. The summed E-state index contributed by atoms with van der Waals surface area (Å²) in [6, 6.07) is 11.8. The molecule has 202 valence electrons. The Morgan fingerprint density at radius 3 is 2.64 bits per heavy atom. The first-order chi connectivity index (χ1) is 19.1. The maximum atomic E-state index is 13.2. The Morgan fingerprint density at radius 1 is 1.00 bits per heavy atom. The van der Waals surface area contributed by atoms with Crippen molar-refractivity contribution in [3.8, 4) is 17.0 Å². The van der Waals surface area contributed by atoms with E-state index >= 15 is 0 Å². The molecule has 1 aromatic carbocycles. The number of amides is 1. The van der Waals surface area contributed by atoms with Crippen LogP contribution in [0, 0.1) is 0 Å². The fourth-order valence-electron chi connectivity index (χ4n) is 5.46. The van der Waals surface area contributed by atoms with Crippen molar-refractivity contribution in [1.29, 1.82) is 0 Å². The third kappa shape index (κ3) is 6.10. The number of anilines is 1. The molecule has 1 amide bonds. The zero-order chi connectivity index (χ0) is 26.6. The number of H-pyrrole nitrogens is 1. The van der Waals surface area contributed by atoms with E-state index in [1.165, 1.54) is 24.8 Å². The van der Waals surface area contributed by atoms with Crippen molar-refractivity contribution in [1.82, 2.24) is 30.0 Å². The van der Waals surface area contributed by atoms with Crippen LogP contribution in [-0.4, -0.2) is 75.2 Å². The van der Waals surface area contributed by atoms with Gasteiger partial charge < -0.3 is 15.0 Å². The monoisotopic (exact) mass is 525 g/mol. The van der Waals surface area contributed by atoms with E-state index < -0.39 is 0 Å². The van der Waals surface area contributed by atoms with E-state index in [1.807, 2.05) is 36.7 Å². The molecule has 5 heterocycles. The van der Waals surface area contributed by atoms with Crippen LogP contribution in [0.5, 0.6) is 5.88 Å². The summed E-state index contributed by atoms with van der Waals surface area (Å²) < 4.78 is 6.02. The Hall–Kier alpha value is -3.82. The molecule has 2 saturated heterocycles. The Morgan fingerprint density at radius 2 is 1.85 bits per heavy atom. The zero-order valence-corrected chi connectivity index (χ0v) is 22.4. The van der Waals surface area contributed by atoms with E-state index in [4.69, 9.17) is 4.74 Å². The van der Waals surface area contributed by atoms with E-state index in [1.54, 1.807) is 12.3 Å². The zero-order valence-electron chi connectivity index (χ0n) is 22.4. The van der Waals surface area contributed by atoms with Gasteiger partial charge in [-0.2, -0.15) is 5.10 Å². The highest BCUT2D eigenvalue weighted by Crippen LogP contribution is 2.27. The number of nitrogens with zero attached hydrogens (tertiary/aromatic N) is 5. The average Bonchev–Trinajstić information content (AvgIpc) is 3.40. The molecule has 0 spiro atoms. The molecule has 9 heteroatoms. The molecule has 2 aliphatic heterocycles. The minimum Gasteiger partial charge on any atom is -0.474 e. The fourth-order valence-corrected chi connectivity index (χ4v) is 5.46. The van der Waals surface area contributed by atoms with Crippen LogP contribution in [0.1, 0.15) is 48.2 Å². The summed E-state index contributed by atoms with van der Waals surface area (Å²) in [4.78, 5) is 26.9. The number of rotatable bonds is 7. The molecule has 0 bridgehead atoms. The molecule has 0 radical (unpaired) electrons. The van der Waals surface area contributed by atoms with Crippen LogP contribution in [-0.2, 0) is 6.54 Å². The lowest BCUT2D eigenvalue weighted by Crippen LogP contribution is -2.35. The number of ether oxygens (including phenoxy) is 1. The van der Waals surface area contributed by atoms with Gasteiger partial charge in [0.1, 0.15) is 6.10 Å². The van der Waals surface area contributed by atoms with Gasteiger partial charge in [-0.3, -0.25) is 19.8 Å². The Kier molecular flexibility index (Phi) is 7.51. The van der Waals surface area contributed by atoms with E-state index in [2.05, 4.69) is 48.4 Å². The molecule has 2 aliphatic rings. The van der Waals surface area contributed by atoms with Crippen LogP contribution in [0.15, 0.2) is 55.0 Å². The molecule has 2 N–H and O–H groups in total. The molecule has 39 heavy (non-hydrogen) atoms. The quantitative estimate of drug-likeness (QED) is 0.360. The lowest BCUT2D eigenvalue weighted by molar-refractivity contribution is 0.102. The van der Waals surface area contributed by atoms with Gasteiger partial charge in [0, 0.05) is 49.0 Å². The van der Waals surface area contributed by atoms with Crippen LogP contribution in [0.3, 0.4) is 0 Å². The summed E-state index contributed by atoms with van der Waals surface area (Å²) in [5, 5.41) is 11.0. The van der Waals surface area contributed by atoms with Gasteiger partial charge in [-0.25, -0.2) is 4.98 Å². The molecule has 2 fully saturated rings. The largest absolute Gasteiger partial charge is 0.474 e. The lowest BCUT2D eigenvalue weighted by Gasteiger charge is -2.28. The van der Waals surface area contributed by atoms with Crippen LogP contribution < -0.4 is 10.1 Å². The minimum absolute atomic E-state index is 0.180. The summed E-state index contributed by atoms with van der Waals surface area (Å²) in [5.74, 6) is 0.287. The van der Waals surface area contributed by atoms with Crippen molar-refractivity contribution in [2.45, 2.75) is 44.8 Å². The number of hydrogen-bond donors (Lipinski definition) is 2. The van der Waals surface area contributed by atoms with E-state index in [0.29, 0.717) is 17.3 Å². The summed E-state index contributed by atoms with van der Waals surface area (Å²) in [5.41, 5.74) is 4.98. The molecule has 0 unspecified atom stereocenters. The topological polar surface area (TPSA) is 99.3 Å². The highest BCUT2D eigenvalue weighted by Gasteiger charge is 2.19. The Balaban J connectivity index is 1.14. The number of likely N-dealkylation sites (tertiary alicyclic amines) is 2. The van der Waals surface area contributed by atoms with E-state index in [0.717, 1.165) is 67.6 Å². The average molecular weight is 526 g/mol. The summed E-state index contributed by atoms with van der Waals surface area (Å²) in [7, 11) is 2.13. The molecular formula is C30H35N7O2. The van der Waals surface area contributed by atoms with Crippen LogP contribution in [0.4, 0.5) is 5.69 Å².